The van der Waals surface area contributed by atoms with Crippen LogP contribution in [0.4, 0.5) is 0 Å². The second-order valence-electron chi connectivity index (χ2n) is 6.20. The molecule has 0 unspecified atom stereocenters. The number of amides is 3. The van der Waals surface area contributed by atoms with Gasteiger partial charge in [0.05, 0.1) is 25.4 Å². The third kappa shape index (κ3) is 6.75. The zero-order chi connectivity index (χ0) is 20.6. The van der Waals surface area contributed by atoms with Gasteiger partial charge in [-0.3, -0.25) is 14.4 Å². The molecule has 27 heavy (non-hydrogen) atoms. The molecule has 1 saturated heterocycles. The summed E-state index contributed by atoms with van der Waals surface area (Å²) in [5, 5.41) is 46.3. The van der Waals surface area contributed by atoms with E-state index in [2.05, 4.69) is 16.0 Å². The fraction of sp³-hybridized carbons (Fsp3) is 0.733. The molecule has 0 aromatic rings. The van der Waals surface area contributed by atoms with E-state index in [9.17, 15) is 29.4 Å². The van der Waals surface area contributed by atoms with Gasteiger partial charge >= 0.3 is 5.97 Å². The van der Waals surface area contributed by atoms with Crippen molar-refractivity contribution in [2.45, 2.75) is 50.0 Å². The SMILES string of the molecule is C[C@@H](O)[C@H](NC(=O)[C@H](CO)NC(=O)[C@@H]1CCCN1)C(=O)N[C@@H](CO)C(=O)O. The topological polar surface area (TPSA) is 197 Å². The Labute approximate surface area is 155 Å². The van der Waals surface area contributed by atoms with Crippen LogP contribution in [0.3, 0.4) is 0 Å². The number of carbonyl (C=O) groups excluding carboxylic acids is 3. The summed E-state index contributed by atoms with van der Waals surface area (Å²) in [5.74, 6) is -3.95. The van der Waals surface area contributed by atoms with Crippen molar-refractivity contribution in [3.05, 3.63) is 0 Å². The summed E-state index contributed by atoms with van der Waals surface area (Å²) in [7, 11) is 0. The Balaban J connectivity index is 2.72. The first-order chi connectivity index (χ1) is 12.7. The van der Waals surface area contributed by atoms with Crippen molar-refractivity contribution >= 4 is 23.7 Å². The Bertz CT molecular complexity index is 550. The Morgan fingerprint density at radius 3 is 2.11 bits per heavy atom. The first kappa shape index (κ1) is 22.8. The van der Waals surface area contributed by atoms with Gasteiger partial charge in [0.2, 0.25) is 17.7 Å². The van der Waals surface area contributed by atoms with Gasteiger partial charge in [0.15, 0.2) is 0 Å². The Morgan fingerprint density at radius 1 is 1.04 bits per heavy atom. The monoisotopic (exact) mass is 390 g/mol. The van der Waals surface area contributed by atoms with Gasteiger partial charge in [0.1, 0.15) is 18.1 Å². The molecule has 0 radical (unpaired) electrons. The van der Waals surface area contributed by atoms with Gasteiger partial charge in [-0.05, 0) is 26.3 Å². The van der Waals surface area contributed by atoms with Gasteiger partial charge in [-0.15, -0.1) is 0 Å². The smallest absolute Gasteiger partial charge is 0.328 e. The quantitative estimate of drug-likeness (QED) is 0.182. The van der Waals surface area contributed by atoms with E-state index in [1.54, 1.807) is 0 Å². The molecule has 0 saturated carbocycles. The summed E-state index contributed by atoms with van der Waals surface area (Å²) < 4.78 is 0. The zero-order valence-corrected chi connectivity index (χ0v) is 14.8. The van der Waals surface area contributed by atoms with E-state index in [4.69, 9.17) is 10.2 Å². The van der Waals surface area contributed by atoms with Gasteiger partial charge in [0.25, 0.3) is 0 Å². The second kappa shape index (κ2) is 10.8. The third-order valence-electron chi connectivity index (χ3n) is 4.05. The molecule has 1 heterocycles. The minimum Gasteiger partial charge on any atom is -0.480 e. The van der Waals surface area contributed by atoms with Crippen LogP contribution < -0.4 is 21.3 Å². The molecule has 1 aliphatic heterocycles. The molecule has 0 spiro atoms. The lowest BCUT2D eigenvalue weighted by molar-refractivity contribution is -0.144. The minimum absolute atomic E-state index is 0.481. The van der Waals surface area contributed by atoms with Crippen molar-refractivity contribution in [2.75, 3.05) is 19.8 Å². The van der Waals surface area contributed by atoms with Crippen LogP contribution in [-0.2, 0) is 19.2 Å². The lowest BCUT2D eigenvalue weighted by Gasteiger charge is -2.25. The van der Waals surface area contributed by atoms with Crippen LogP contribution in [0, 0.1) is 0 Å². The molecule has 0 bridgehead atoms. The van der Waals surface area contributed by atoms with Crippen LogP contribution in [0.15, 0.2) is 0 Å². The van der Waals surface area contributed by atoms with Gasteiger partial charge in [-0.1, -0.05) is 0 Å². The van der Waals surface area contributed by atoms with E-state index in [1.807, 2.05) is 5.32 Å². The van der Waals surface area contributed by atoms with Crippen LogP contribution in [0.2, 0.25) is 0 Å². The highest BCUT2D eigenvalue weighted by molar-refractivity contribution is 5.94. The van der Waals surface area contributed by atoms with E-state index in [-0.39, 0.29) is 0 Å². The van der Waals surface area contributed by atoms with E-state index in [0.717, 1.165) is 6.42 Å². The van der Waals surface area contributed by atoms with Crippen molar-refractivity contribution in [3.63, 3.8) is 0 Å². The normalized spacial score (nSPS) is 20.8. The van der Waals surface area contributed by atoms with E-state index in [1.165, 1.54) is 6.92 Å². The van der Waals surface area contributed by atoms with Crippen LogP contribution in [-0.4, -0.2) is 94.1 Å². The number of hydrogen-bond acceptors (Lipinski definition) is 8. The number of aliphatic hydroxyl groups excluding tert-OH is 3. The molecule has 154 valence electrons. The molecule has 1 fully saturated rings. The fourth-order valence-electron chi connectivity index (χ4n) is 2.48. The highest BCUT2D eigenvalue weighted by Crippen LogP contribution is 2.05. The first-order valence-electron chi connectivity index (χ1n) is 8.48. The standard InChI is InChI=1S/C15H26N4O8/c1-7(22)11(14(25)18-10(6-21)15(26)27)19-13(24)9(5-20)17-12(23)8-3-2-4-16-8/h7-11,16,20-22H,2-6H2,1H3,(H,17,23)(H,18,25)(H,19,24)(H,26,27)/t7-,8+,9+,10+,11+/m1/s1. The number of rotatable bonds is 10. The molecule has 0 aromatic heterocycles. The maximum Gasteiger partial charge on any atom is 0.328 e. The summed E-state index contributed by atoms with van der Waals surface area (Å²) in [6.45, 7) is 0.222. The molecular weight excluding hydrogens is 364 g/mol. The lowest BCUT2D eigenvalue weighted by atomic mass is 10.1. The molecule has 12 nitrogen and oxygen atoms in total. The molecule has 12 heteroatoms. The van der Waals surface area contributed by atoms with Crippen molar-refractivity contribution in [1.29, 1.82) is 0 Å². The molecule has 1 rings (SSSR count). The maximum atomic E-state index is 12.3. The van der Waals surface area contributed by atoms with Crippen LogP contribution in [0.1, 0.15) is 19.8 Å². The third-order valence-corrected chi connectivity index (χ3v) is 4.05. The van der Waals surface area contributed by atoms with Crippen molar-refractivity contribution < 1.29 is 39.6 Å². The van der Waals surface area contributed by atoms with Crippen molar-refractivity contribution in [2.24, 2.45) is 0 Å². The number of carboxylic acids is 1. The Kier molecular flexibility index (Phi) is 9.08. The number of aliphatic carboxylic acids is 1. The number of carboxylic acid groups (broad SMARTS) is 1. The Hall–Kier alpha value is -2.28. The summed E-state index contributed by atoms with van der Waals surface area (Å²) in [4.78, 5) is 47.3. The fourth-order valence-corrected chi connectivity index (χ4v) is 2.48. The predicted molar refractivity (Wildman–Crippen MR) is 90.3 cm³/mol. The molecular formula is C15H26N4O8. The van der Waals surface area contributed by atoms with Gasteiger partial charge < -0.3 is 41.7 Å². The van der Waals surface area contributed by atoms with Gasteiger partial charge in [-0.2, -0.15) is 0 Å². The largest absolute Gasteiger partial charge is 0.480 e. The second-order valence-corrected chi connectivity index (χ2v) is 6.20. The number of nitrogens with one attached hydrogen (secondary N) is 4. The summed E-state index contributed by atoms with van der Waals surface area (Å²) in [6.07, 6.45) is -0.0238. The average molecular weight is 390 g/mol. The van der Waals surface area contributed by atoms with E-state index < -0.39 is 67.2 Å². The molecule has 0 aliphatic carbocycles. The predicted octanol–water partition coefficient (Wildman–Crippen LogP) is -4.36. The minimum atomic E-state index is -1.61. The van der Waals surface area contributed by atoms with Crippen LogP contribution in [0.5, 0.6) is 0 Å². The van der Waals surface area contributed by atoms with Crippen molar-refractivity contribution in [1.82, 2.24) is 21.3 Å². The lowest BCUT2D eigenvalue weighted by Crippen LogP contribution is -2.60. The zero-order valence-electron chi connectivity index (χ0n) is 14.8. The average Bonchev–Trinajstić information content (AvgIpc) is 3.15. The van der Waals surface area contributed by atoms with Crippen LogP contribution >= 0.6 is 0 Å². The van der Waals surface area contributed by atoms with Crippen molar-refractivity contribution in [3.8, 4) is 0 Å². The summed E-state index contributed by atoms with van der Waals surface area (Å²) in [5.41, 5.74) is 0. The van der Waals surface area contributed by atoms with Crippen LogP contribution in [0.25, 0.3) is 0 Å². The molecule has 0 aromatic carbocycles. The number of aliphatic hydroxyl groups is 3. The molecule has 5 atom stereocenters. The van der Waals surface area contributed by atoms with Gasteiger partial charge in [-0.25, -0.2) is 4.79 Å². The highest BCUT2D eigenvalue weighted by Gasteiger charge is 2.33. The summed E-state index contributed by atoms with van der Waals surface area (Å²) >= 11 is 0. The molecule has 8 N–H and O–H groups in total. The van der Waals surface area contributed by atoms with E-state index >= 15 is 0 Å². The molecule has 1 aliphatic rings. The summed E-state index contributed by atoms with van der Waals surface area (Å²) in [6, 6.07) is -5.01. The van der Waals surface area contributed by atoms with Gasteiger partial charge in [0, 0.05) is 0 Å². The maximum absolute atomic E-state index is 12.3. The number of hydrogen-bond donors (Lipinski definition) is 8. The van der Waals surface area contributed by atoms with E-state index in [0.29, 0.717) is 13.0 Å². The molecule has 3 amide bonds. The Morgan fingerprint density at radius 2 is 1.67 bits per heavy atom. The highest BCUT2D eigenvalue weighted by atomic mass is 16.4. The number of carbonyl (C=O) groups is 4. The first-order valence-corrected chi connectivity index (χ1v) is 8.48.